The normalized spacial score (nSPS) is 26.7. The highest BCUT2D eigenvalue weighted by molar-refractivity contribution is 5.99. The van der Waals surface area contributed by atoms with Gasteiger partial charge in [-0.15, -0.1) is 0 Å². The highest BCUT2D eigenvalue weighted by atomic mass is 16.5. The summed E-state index contributed by atoms with van der Waals surface area (Å²) in [6.45, 7) is 18.0. The van der Waals surface area contributed by atoms with E-state index in [4.69, 9.17) is 9.47 Å². The van der Waals surface area contributed by atoms with Gasteiger partial charge in [0, 0.05) is 48.2 Å². The molecule has 448 valence electrons. The third kappa shape index (κ3) is 16.6. The van der Waals surface area contributed by atoms with Gasteiger partial charge in [0.2, 0.25) is 47.3 Å². The van der Waals surface area contributed by atoms with Crippen LogP contribution in [0.25, 0.3) is 0 Å². The topological polar surface area (TPSA) is 282 Å². The van der Waals surface area contributed by atoms with Crippen molar-refractivity contribution in [1.82, 2.24) is 45.3 Å². The maximum absolute atomic E-state index is 14.9. The van der Waals surface area contributed by atoms with Gasteiger partial charge in [0.15, 0.2) is 6.10 Å². The monoisotopic (exact) mass is 1130 g/mol. The van der Waals surface area contributed by atoms with Crippen LogP contribution in [0.5, 0.6) is 5.75 Å². The second kappa shape index (κ2) is 30.1. The van der Waals surface area contributed by atoms with Crippen molar-refractivity contribution in [3.8, 4) is 5.75 Å². The van der Waals surface area contributed by atoms with Crippen molar-refractivity contribution in [2.45, 2.75) is 176 Å². The number of methoxy groups -OCH3 is 1. The second-order valence-electron chi connectivity index (χ2n) is 22.6. The van der Waals surface area contributed by atoms with Crippen LogP contribution in [0.15, 0.2) is 24.3 Å². The molecule has 0 bridgehead atoms. The number of carboxylic acid groups (broad SMARTS) is 1. The molecule has 0 radical (unpaired) electrons. The van der Waals surface area contributed by atoms with E-state index in [1.807, 2.05) is 6.92 Å². The van der Waals surface area contributed by atoms with Crippen molar-refractivity contribution in [2.24, 2.45) is 29.6 Å². The summed E-state index contributed by atoms with van der Waals surface area (Å²) >= 11 is 0. The number of hydrogen-bond acceptors (Lipinski definition) is 13. The fourth-order valence-corrected chi connectivity index (χ4v) is 10.7. The molecule has 23 heteroatoms. The average Bonchev–Trinajstić information content (AvgIpc) is 3.41. The predicted molar refractivity (Wildman–Crippen MR) is 297 cm³/mol. The number of fused-ring (bicyclic) bond motifs is 1. The molecule has 0 saturated carbocycles. The molecule has 0 spiro atoms. The summed E-state index contributed by atoms with van der Waals surface area (Å²) in [5.74, 6) is -11.4. The molecular formula is C57H91N9O14. The van der Waals surface area contributed by atoms with Crippen LogP contribution in [-0.2, 0) is 63.9 Å². The number of carbonyl (C=O) groups is 11. The summed E-state index contributed by atoms with van der Waals surface area (Å²) in [5.41, 5.74) is 0.581. The maximum atomic E-state index is 14.9. The summed E-state index contributed by atoms with van der Waals surface area (Å²) < 4.78 is 11.2. The van der Waals surface area contributed by atoms with E-state index in [1.54, 1.807) is 86.6 Å². The van der Waals surface area contributed by atoms with E-state index in [1.165, 1.54) is 64.0 Å². The van der Waals surface area contributed by atoms with Crippen LogP contribution >= 0.6 is 0 Å². The van der Waals surface area contributed by atoms with Gasteiger partial charge in [-0.3, -0.25) is 47.9 Å². The third-order valence-corrected chi connectivity index (χ3v) is 15.8. The Morgan fingerprint density at radius 2 is 1.16 bits per heavy atom. The largest absolute Gasteiger partial charge is 0.497 e. The predicted octanol–water partition coefficient (Wildman–Crippen LogP) is 2.32. The second-order valence-corrected chi connectivity index (χ2v) is 22.6. The molecule has 1 aromatic rings. The number of rotatable bonds is 12. The minimum Gasteiger partial charge on any atom is -0.497 e. The first-order valence-electron chi connectivity index (χ1n) is 27.9. The number of hydrogen-bond donors (Lipinski definition) is 4. The lowest BCUT2D eigenvalue weighted by atomic mass is 9.92. The molecule has 2 heterocycles. The third-order valence-electron chi connectivity index (χ3n) is 15.8. The number of aliphatic carboxylic acids is 1. The SMILES string of the molecule is CC[C@@H](C)[C@H]1C(=O)NCC(=O)N(C)[C@@H](C(C)C)C(=O)N[C@@H](Cc2ccc(OC)cc2)C(=O)O[C@H](C)C(=O)N2CCCC[C@H]2C(=O)N(C)[C@@H](C(C)C)C(=O)N[C@@H](C(C)C)C(=O)N(C)[C@H](CC(=O)O)C(=O)N(C)[C@@H]([C@@H](C)CC)C(=O)N1C. The van der Waals surface area contributed by atoms with E-state index in [2.05, 4.69) is 16.0 Å². The Bertz CT molecular complexity index is 2380. The van der Waals surface area contributed by atoms with Crippen molar-refractivity contribution in [3.63, 3.8) is 0 Å². The molecule has 23 nitrogen and oxygen atoms in total. The zero-order valence-corrected chi connectivity index (χ0v) is 50.2. The van der Waals surface area contributed by atoms with Crippen molar-refractivity contribution >= 4 is 65.1 Å². The van der Waals surface area contributed by atoms with Crippen molar-refractivity contribution in [3.05, 3.63) is 29.8 Å². The Kier molecular flexibility index (Phi) is 25.4. The minimum absolute atomic E-state index is 0.106. The number of ether oxygens (including phenoxy) is 2. The smallest absolute Gasteiger partial charge is 0.329 e. The first-order valence-corrected chi connectivity index (χ1v) is 27.9. The van der Waals surface area contributed by atoms with Crippen LogP contribution in [0.4, 0.5) is 0 Å². The Labute approximate surface area is 472 Å². The molecule has 2 fully saturated rings. The van der Waals surface area contributed by atoms with Gasteiger partial charge >= 0.3 is 11.9 Å². The van der Waals surface area contributed by atoms with Crippen LogP contribution in [0.2, 0.25) is 0 Å². The van der Waals surface area contributed by atoms with E-state index >= 15 is 0 Å². The fraction of sp³-hybridized carbons (Fsp3) is 0.702. The summed E-state index contributed by atoms with van der Waals surface area (Å²) in [4.78, 5) is 165. The number of esters is 1. The Morgan fingerprint density at radius 1 is 0.637 bits per heavy atom. The quantitative estimate of drug-likeness (QED) is 0.219. The van der Waals surface area contributed by atoms with Crippen LogP contribution in [0.1, 0.15) is 120 Å². The molecule has 2 aliphatic heterocycles. The molecule has 1 aromatic carbocycles. The standard InChI is InChI=1S/C57H91N9O14/c1-18-34(9)47-49(70)58-30-42(67)62(13)45(32(5)6)50(71)59-39(28-37-23-25-38(79-17)26-24-37)57(78)80-36(11)52(73)66-27-21-20-22-40(66)53(74)63(14)46(33(7)8)51(72)60-44(31(3)4)55(76)61(12)41(29-43(68)69)54(75)65(16)48(35(10)19-2)56(77)64(47)15/h23-26,31-36,39-41,44-48H,18-22,27-30H2,1-17H3,(H,58,70)(H,59,71)(H,60,72)(H,68,69)/t34-,35+,36-,39+,40+,41-,44+,45+,46+,47+,48+/m1/s1. The van der Waals surface area contributed by atoms with E-state index in [9.17, 15) is 57.8 Å². The number of cyclic esters (lactones) is 1. The molecule has 9 amide bonds. The van der Waals surface area contributed by atoms with Crippen LogP contribution < -0.4 is 20.7 Å². The van der Waals surface area contributed by atoms with Crippen molar-refractivity contribution in [1.29, 1.82) is 0 Å². The van der Waals surface area contributed by atoms with Gasteiger partial charge < -0.3 is 59.9 Å². The molecule has 0 unspecified atom stereocenters. The fourth-order valence-electron chi connectivity index (χ4n) is 10.7. The zero-order valence-electron chi connectivity index (χ0n) is 50.2. The summed E-state index contributed by atoms with van der Waals surface area (Å²) in [7, 11) is 8.24. The zero-order chi connectivity index (χ0) is 60.8. The number of amides is 9. The van der Waals surface area contributed by atoms with Gasteiger partial charge in [0.1, 0.15) is 54.1 Å². The summed E-state index contributed by atoms with van der Waals surface area (Å²) in [6.07, 6.45) is -0.488. The van der Waals surface area contributed by atoms with E-state index < -0.39 is 162 Å². The lowest BCUT2D eigenvalue weighted by Gasteiger charge is -2.41. The summed E-state index contributed by atoms with van der Waals surface area (Å²) in [5, 5.41) is 18.4. The molecule has 0 aliphatic carbocycles. The number of nitrogens with zero attached hydrogens (tertiary/aromatic N) is 6. The van der Waals surface area contributed by atoms with Crippen molar-refractivity contribution < 1.29 is 67.3 Å². The number of nitrogens with one attached hydrogen (secondary N) is 3. The first kappa shape index (κ1) is 67.5. The van der Waals surface area contributed by atoms with E-state index in [-0.39, 0.29) is 19.4 Å². The minimum atomic E-state index is -1.69. The molecule has 80 heavy (non-hydrogen) atoms. The van der Waals surface area contributed by atoms with Gasteiger partial charge in [-0.05, 0) is 73.5 Å². The van der Waals surface area contributed by atoms with Gasteiger partial charge in [-0.25, -0.2) is 4.79 Å². The number of carbonyl (C=O) groups excluding carboxylic acids is 10. The molecule has 2 saturated heterocycles. The molecule has 4 N–H and O–H groups in total. The van der Waals surface area contributed by atoms with Crippen molar-refractivity contribution in [2.75, 3.05) is 55.4 Å². The van der Waals surface area contributed by atoms with Gasteiger partial charge in [0.25, 0.3) is 5.91 Å². The lowest BCUT2D eigenvalue weighted by Crippen LogP contribution is -2.63. The van der Waals surface area contributed by atoms with Gasteiger partial charge in [-0.1, -0.05) is 94.2 Å². The van der Waals surface area contributed by atoms with Crippen LogP contribution in [0.3, 0.4) is 0 Å². The highest BCUT2D eigenvalue weighted by Crippen LogP contribution is 2.26. The lowest BCUT2D eigenvalue weighted by molar-refractivity contribution is -0.165. The van der Waals surface area contributed by atoms with E-state index in [0.717, 1.165) is 14.7 Å². The summed E-state index contributed by atoms with van der Waals surface area (Å²) in [6, 6.07) is -3.77. The van der Waals surface area contributed by atoms with Gasteiger partial charge in [0.05, 0.1) is 20.1 Å². The van der Waals surface area contributed by atoms with Crippen LogP contribution in [0, 0.1) is 29.6 Å². The Hall–Kier alpha value is -6.81. The first-order chi connectivity index (χ1) is 37.4. The Morgan fingerprint density at radius 3 is 1.69 bits per heavy atom. The number of carboxylic acids is 1. The number of piperidine rings is 1. The van der Waals surface area contributed by atoms with Crippen LogP contribution in [-0.4, -0.2) is 209 Å². The molecule has 11 atom stereocenters. The average molecular weight is 1130 g/mol. The molecular weight excluding hydrogens is 1030 g/mol. The molecule has 0 aromatic heterocycles. The number of benzene rings is 1. The number of likely N-dealkylation sites (N-methyl/N-ethyl adjacent to an activating group) is 5. The van der Waals surface area contributed by atoms with E-state index in [0.29, 0.717) is 37.0 Å². The highest BCUT2D eigenvalue weighted by Gasteiger charge is 2.46. The Balaban J connectivity index is 2.27. The molecule has 2 aliphatic rings. The maximum Gasteiger partial charge on any atom is 0.329 e. The molecule has 3 rings (SSSR count). The van der Waals surface area contributed by atoms with Gasteiger partial charge in [-0.2, -0.15) is 0 Å².